The molecular weight excluding hydrogens is 439 g/mol. The van der Waals surface area contributed by atoms with Gasteiger partial charge in [0.15, 0.2) is 0 Å². The number of benzene rings is 1. The fourth-order valence-electron chi connectivity index (χ4n) is 5.10. The highest BCUT2D eigenvalue weighted by molar-refractivity contribution is 5.84. The van der Waals surface area contributed by atoms with Crippen molar-refractivity contribution in [1.82, 2.24) is 29.7 Å². The largest absolute Gasteiger partial charge is 0.375 e. The second kappa shape index (κ2) is 9.42. The van der Waals surface area contributed by atoms with Gasteiger partial charge in [0.25, 0.3) is 5.95 Å². The Kier molecular flexibility index (Phi) is 6.35. The van der Waals surface area contributed by atoms with Gasteiger partial charge in [-0.25, -0.2) is 4.39 Å². The summed E-state index contributed by atoms with van der Waals surface area (Å²) >= 11 is 0. The lowest BCUT2D eigenvalue weighted by atomic mass is 9.99. The van der Waals surface area contributed by atoms with Crippen molar-refractivity contribution < 1.29 is 18.4 Å². The number of methoxy groups -OCH3 is 1. The maximum absolute atomic E-state index is 14.7. The van der Waals surface area contributed by atoms with Crippen LogP contribution in [-0.4, -0.2) is 82.1 Å². The molecule has 3 aromatic rings. The van der Waals surface area contributed by atoms with Gasteiger partial charge in [-0.15, -0.1) is 0 Å². The molecule has 4 heterocycles. The number of halogens is 1. The van der Waals surface area contributed by atoms with E-state index >= 15 is 0 Å². The number of carbonyl (C=O) groups excluding carboxylic acids is 1. The standard InChI is InChI=1S/C24H31FN6O3/c1-15(2)22-18-5-4-6-19(25)23(18)31(27-22)24-26-20(34-28-24)9-16-7-8-29(10-16)11-17-12-30(13-17)21(32)14-33-3/h4-6,15-17H,7-14H2,1-3H3/t16-/m0/s1. The number of carbonyl (C=O) groups is 1. The molecule has 9 nitrogen and oxygen atoms in total. The number of aromatic nitrogens is 4. The van der Waals surface area contributed by atoms with E-state index in [2.05, 4.69) is 20.1 Å². The van der Waals surface area contributed by atoms with E-state index in [0.717, 1.165) is 50.2 Å². The summed E-state index contributed by atoms with van der Waals surface area (Å²) in [6.07, 6.45) is 1.75. The van der Waals surface area contributed by atoms with Crippen LogP contribution in [0.2, 0.25) is 0 Å². The van der Waals surface area contributed by atoms with Crippen LogP contribution in [0, 0.1) is 17.7 Å². The molecule has 0 aliphatic carbocycles. The van der Waals surface area contributed by atoms with Crippen molar-refractivity contribution in [1.29, 1.82) is 0 Å². The maximum Gasteiger partial charge on any atom is 0.291 e. The third-order valence-corrected chi connectivity index (χ3v) is 6.80. The van der Waals surface area contributed by atoms with Crippen LogP contribution in [0.4, 0.5) is 4.39 Å². The van der Waals surface area contributed by atoms with E-state index in [1.54, 1.807) is 13.2 Å². The lowest BCUT2D eigenvalue weighted by molar-refractivity contribution is -0.141. The lowest BCUT2D eigenvalue weighted by Gasteiger charge is -2.41. The minimum atomic E-state index is -0.354. The Hall–Kier alpha value is -2.85. The number of nitrogens with zero attached hydrogens (tertiary/aromatic N) is 6. The molecule has 182 valence electrons. The molecule has 0 radical (unpaired) electrons. The van der Waals surface area contributed by atoms with Crippen molar-refractivity contribution in [2.45, 2.75) is 32.6 Å². The number of ether oxygens (including phenoxy) is 1. The Labute approximate surface area is 197 Å². The highest BCUT2D eigenvalue weighted by Crippen LogP contribution is 2.29. The number of hydrogen-bond donors (Lipinski definition) is 0. The third-order valence-electron chi connectivity index (χ3n) is 6.80. The Balaban J connectivity index is 1.20. The molecule has 0 unspecified atom stereocenters. The smallest absolute Gasteiger partial charge is 0.291 e. The quantitative estimate of drug-likeness (QED) is 0.500. The van der Waals surface area contributed by atoms with Gasteiger partial charge in [0.2, 0.25) is 11.8 Å². The van der Waals surface area contributed by atoms with E-state index < -0.39 is 0 Å². The summed E-state index contributed by atoms with van der Waals surface area (Å²) in [5, 5.41) is 9.48. The zero-order valence-corrected chi connectivity index (χ0v) is 19.9. The Bertz CT molecular complexity index is 1170. The SMILES string of the molecule is COCC(=O)N1CC(CN2CC[C@@H](Cc3nc(-n4nc(C(C)C)c5cccc(F)c54)no3)C2)C1. The maximum atomic E-state index is 14.7. The van der Waals surface area contributed by atoms with E-state index in [0.29, 0.717) is 29.7 Å². The molecule has 1 atom stereocenters. The van der Waals surface area contributed by atoms with Gasteiger partial charge in [-0.2, -0.15) is 14.8 Å². The van der Waals surface area contributed by atoms with E-state index in [1.165, 1.54) is 10.7 Å². The molecule has 1 amide bonds. The lowest BCUT2D eigenvalue weighted by Crippen LogP contribution is -2.54. The Morgan fingerprint density at radius 2 is 2.09 bits per heavy atom. The van der Waals surface area contributed by atoms with Crippen molar-refractivity contribution in [2.24, 2.45) is 11.8 Å². The molecule has 5 rings (SSSR count). The molecule has 0 bridgehead atoms. The molecule has 2 fully saturated rings. The van der Waals surface area contributed by atoms with Gasteiger partial charge in [-0.1, -0.05) is 26.0 Å². The summed E-state index contributed by atoms with van der Waals surface area (Å²) in [5.74, 6) is 1.62. The second-order valence-corrected chi connectivity index (χ2v) is 9.79. The van der Waals surface area contributed by atoms with Crippen LogP contribution in [0.5, 0.6) is 0 Å². The Morgan fingerprint density at radius 1 is 1.26 bits per heavy atom. The number of hydrogen-bond acceptors (Lipinski definition) is 7. The van der Waals surface area contributed by atoms with Crippen molar-refractivity contribution in [2.75, 3.05) is 46.4 Å². The summed E-state index contributed by atoms with van der Waals surface area (Å²) < 4.78 is 26.6. The topological polar surface area (TPSA) is 89.5 Å². The van der Waals surface area contributed by atoms with Crippen LogP contribution in [-0.2, 0) is 16.0 Å². The third kappa shape index (κ3) is 4.44. The normalized spacial score (nSPS) is 19.4. The van der Waals surface area contributed by atoms with Gasteiger partial charge in [-0.3, -0.25) is 4.79 Å². The van der Waals surface area contributed by atoms with Crippen LogP contribution >= 0.6 is 0 Å². The minimum absolute atomic E-state index is 0.0654. The molecule has 1 aromatic carbocycles. The van der Waals surface area contributed by atoms with Crippen LogP contribution in [0.15, 0.2) is 22.7 Å². The average molecular weight is 471 g/mol. The van der Waals surface area contributed by atoms with Gasteiger partial charge in [0.05, 0.1) is 5.69 Å². The van der Waals surface area contributed by atoms with E-state index in [-0.39, 0.29) is 30.2 Å². The molecular formula is C24H31FN6O3. The first-order valence-electron chi connectivity index (χ1n) is 11.9. The molecule has 10 heteroatoms. The summed E-state index contributed by atoms with van der Waals surface area (Å²) in [4.78, 5) is 20.7. The molecule has 0 N–H and O–H groups in total. The number of para-hydroxylation sites is 1. The Morgan fingerprint density at radius 3 is 2.85 bits per heavy atom. The van der Waals surface area contributed by atoms with Crippen molar-refractivity contribution in [3.8, 4) is 5.95 Å². The summed E-state index contributed by atoms with van der Waals surface area (Å²) in [5.41, 5.74) is 1.19. The van der Waals surface area contributed by atoms with Crippen molar-refractivity contribution >= 4 is 16.8 Å². The molecule has 0 saturated carbocycles. The molecule has 2 aliphatic heterocycles. The van der Waals surface area contributed by atoms with Crippen LogP contribution < -0.4 is 0 Å². The second-order valence-electron chi connectivity index (χ2n) is 9.79. The predicted molar refractivity (Wildman–Crippen MR) is 123 cm³/mol. The first-order valence-corrected chi connectivity index (χ1v) is 11.9. The highest BCUT2D eigenvalue weighted by atomic mass is 19.1. The van der Waals surface area contributed by atoms with Gasteiger partial charge < -0.3 is 19.1 Å². The number of amides is 1. The van der Waals surface area contributed by atoms with Crippen LogP contribution in [0.1, 0.15) is 37.8 Å². The number of likely N-dealkylation sites (tertiary alicyclic amines) is 2. The fraction of sp³-hybridized carbons (Fsp3) is 0.583. The van der Waals surface area contributed by atoms with Gasteiger partial charge in [0.1, 0.15) is 17.9 Å². The summed E-state index contributed by atoms with van der Waals surface area (Å²) in [7, 11) is 1.55. The first-order chi connectivity index (χ1) is 16.4. The van der Waals surface area contributed by atoms with Crippen LogP contribution in [0.3, 0.4) is 0 Å². The van der Waals surface area contributed by atoms with E-state index in [1.807, 2.05) is 24.8 Å². The summed E-state index contributed by atoms with van der Waals surface area (Å²) in [6, 6.07) is 5.00. The summed E-state index contributed by atoms with van der Waals surface area (Å²) in [6.45, 7) is 8.83. The van der Waals surface area contributed by atoms with Crippen LogP contribution in [0.25, 0.3) is 16.9 Å². The molecule has 2 aliphatic rings. The van der Waals surface area contributed by atoms with Gasteiger partial charge >= 0.3 is 0 Å². The number of rotatable bonds is 8. The van der Waals surface area contributed by atoms with Gasteiger partial charge in [-0.05, 0) is 36.0 Å². The first kappa shape index (κ1) is 22.9. The fourth-order valence-corrected chi connectivity index (χ4v) is 5.10. The molecule has 2 aromatic heterocycles. The monoisotopic (exact) mass is 470 g/mol. The van der Waals surface area contributed by atoms with Crippen molar-refractivity contribution in [3.05, 3.63) is 35.6 Å². The highest BCUT2D eigenvalue weighted by Gasteiger charge is 2.34. The zero-order chi connectivity index (χ0) is 23.8. The van der Waals surface area contributed by atoms with E-state index in [4.69, 9.17) is 9.26 Å². The van der Waals surface area contributed by atoms with E-state index in [9.17, 15) is 9.18 Å². The molecule has 34 heavy (non-hydrogen) atoms. The van der Waals surface area contributed by atoms with Crippen molar-refractivity contribution in [3.63, 3.8) is 0 Å². The number of fused-ring (bicyclic) bond motifs is 1. The minimum Gasteiger partial charge on any atom is -0.375 e. The molecule has 2 saturated heterocycles. The average Bonchev–Trinajstić information content (AvgIpc) is 3.49. The predicted octanol–water partition coefficient (Wildman–Crippen LogP) is 2.64. The zero-order valence-electron chi connectivity index (χ0n) is 19.9. The molecule has 0 spiro atoms. The van der Waals surface area contributed by atoms with Gasteiger partial charge in [0, 0.05) is 51.0 Å².